The zero-order chi connectivity index (χ0) is 15.0. The Hall–Kier alpha value is -1.07. The second-order valence-electron chi connectivity index (χ2n) is 6.16. The summed E-state index contributed by atoms with van der Waals surface area (Å²) in [5.74, 6) is 0. The average molecular weight is 284 g/mol. The standard InChI is InChI=1S/C15H28N2O3/c1-12-7-8-13(19-12)11-16-9-5-6-10-17-14(18)20-15(2,3)4/h5-6,12-13,16H,7-11H2,1-4H3,(H,17,18)/b6-5+. The molecular formula is C15H28N2O3. The van der Waals surface area contributed by atoms with Gasteiger partial charge >= 0.3 is 6.09 Å². The maximum absolute atomic E-state index is 11.4. The largest absolute Gasteiger partial charge is 0.444 e. The summed E-state index contributed by atoms with van der Waals surface area (Å²) >= 11 is 0. The van der Waals surface area contributed by atoms with E-state index in [4.69, 9.17) is 9.47 Å². The third kappa shape index (κ3) is 8.17. The van der Waals surface area contributed by atoms with Gasteiger partial charge in [-0.15, -0.1) is 0 Å². The van der Waals surface area contributed by atoms with Crippen LogP contribution in [-0.2, 0) is 9.47 Å². The first-order chi connectivity index (χ1) is 9.37. The number of hydrogen-bond acceptors (Lipinski definition) is 4. The number of rotatable bonds is 6. The fourth-order valence-corrected chi connectivity index (χ4v) is 1.99. The van der Waals surface area contributed by atoms with Gasteiger partial charge in [-0.2, -0.15) is 0 Å². The summed E-state index contributed by atoms with van der Waals surface area (Å²) in [7, 11) is 0. The normalized spacial score (nSPS) is 23.2. The summed E-state index contributed by atoms with van der Waals surface area (Å²) in [5, 5.41) is 6.00. The van der Waals surface area contributed by atoms with Gasteiger partial charge in [-0.3, -0.25) is 0 Å². The molecule has 1 saturated heterocycles. The van der Waals surface area contributed by atoms with Gasteiger partial charge < -0.3 is 20.1 Å². The molecule has 0 bridgehead atoms. The third-order valence-corrected chi connectivity index (χ3v) is 2.88. The zero-order valence-electron chi connectivity index (χ0n) is 13.1. The quantitative estimate of drug-likeness (QED) is 0.580. The Morgan fingerprint density at radius 3 is 2.60 bits per heavy atom. The average Bonchev–Trinajstić information content (AvgIpc) is 2.71. The van der Waals surface area contributed by atoms with Gasteiger partial charge in [0.2, 0.25) is 0 Å². The van der Waals surface area contributed by atoms with Gasteiger partial charge in [0, 0.05) is 19.6 Å². The number of carbonyl (C=O) groups excluding carboxylic acids is 1. The Bertz CT molecular complexity index is 324. The molecule has 2 atom stereocenters. The number of alkyl carbamates (subject to hydrolysis) is 1. The van der Waals surface area contributed by atoms with Gasteiger partial charge in [-0.1, -0.05) is 12.2 Å². The van der Waals surface area contributed by atoms with Crippen LogP contribution in [0.5, 0.6) is 0 Å². The van der Waals surface area contributed by atoms with E-state index in [1.807, 2.05) is 32.9 Å². The Morgan fingerprint density at radius 2 is 2.00 bits per heavy atom. The molecule has 0 saturated carbocycles. The van der Waals surface area contributed by atoms with Crippen LogP contribution in [0.2, 0.25) is 0 Å². The molecule has 1 aliphatic rings. The molecular weight excluding hydrogens is 256 g/mol. The Morgan fingerprint density at radius 1 is 1.30 bits per heavy atom. The van der Waals surface area contributed by atoms with E-state index in [1.54, 1.807) is 0 Å². The molecule has 0 aromatic heterocycles. The first-order valence-electron chi connectivity index (χ1n) is 7.35. The van der Waals surface area contributed by atoms with E-state index >= 15 is 0 Å². The van der Waals surface area contributed by atoms with Crippen molar-refractivity contribution in [1.82, 2.24) is 10.6 Å². The van der Waals surface area contributed by atoms with Gasteiger partial charge in [0.25, 0.3) is 0 Å². The minimum absolute atomic E-state index is 0.346. The lowest BCUT2D eigenvalue weighted by atomic mass is 10.2. The van der Waals surface area contributed by atoms with Crippen LogP contribution in [-0.4, -0.2) is 43.5 Å². The predicted octanol–water partition coefficient (Wildman–Crippen LogP) is 2.22. The van der Waals surface area contributed by atoms with Crippen molar-refractivity contribution in [3.05, 3.63) is 12.2 Å². The second-order valence-corrected chi connectivity index (χ2v) is 6.16. The fourth-order valence-electron chi connectivity index (χ4n) is 1.99. The molecule has 5 heteroatoms. The second kappa shape index (κ2) is 8.27. The van der Waals surface area contributed by atoms with Crippen molar-refractivity contribution in [2.75, 3.05) is 19.6 Å². The summed E-state index contributed by atoms with van der Waals surface area (Å²) in [5.41, 5.74) is -0.451. The smallest absolute Gasteiger partial charge is 0.407 e. The Kier molecular flexibility index (Phi) is 7.02. The molecule has 0 spiro atoms. The summed E-state index contributed by atoms with van der Waals surface area (Å²) in [6.07, 6.45) is 6.56. The minimum atomic E-state index is -0.451. The fraction of sp³-hybridized carbons (Fsp3) is 0.800. The number of hydrogen-bond donors (Lipinski definition) is 2. The highest BCUT2D eigenvalue weighted by molar-refractivity contribution is 5.67. The highest BCUT2D eigenvalue weighted by Crippen LogP contribution is 2.17. The summed E-state index contributed by atoms with van der Waals surface area (Å²) < 4.78 is 10.8. The molecule has 0 radical (unpaired) electrons. The molecule has 2 N–H and O–H groups in total. The lowest BCUT2D eigenvalue weighted by Gasteiger charge is -2.19. The lowest BCUT2D eigenvalue weighted by Crippen LogP contribution is -2.32. The summed E-state index contributed by atoms with van der Waals surface area (Å²) in [6.45, 7) is 9.79. The molecule has 1 amide bonds. The molecule has 1 rings (SSSR count). The van der Waals surface area contributed by atoms with E-state index in [9.17, 15) is 4.79 Å². The van der Waals surface area contributed by atoms with Crippen molar-refractivity contribution in [1.29, 1.82) is 0 Å². The van der Waals surface area contributed by atoms with Crippen LogP contribution in [0, 0.1) is 0 Å². The maximum Gasteiger partial charge on any atom is 0.407 e. The van der Waals surface area contributed by atoms with Gasteiger partial charge in [0.15, 0.2) is 0 Å². The molecule has 5 nitrogen and oxygen atoms in total. The Labute approximate surface area is 122 Å². The molecule has 20 heavy (non-hydrogen) atoms. The van der Waals surface area contributed by atoms with Crippen molar-refractivity contribution in [2.24, 2.45) is 0 Å². The SMILES string of the molecule is CC1CCC(CNC/C=C/CNC(=O)OC(C)(C)C)O1. The van der Waals surface area contributed by atoms with Gasteiger partial charge in [0.1, 0.15) is 5.60 Å². The van der Waals surface area contributed by atoms with Crippen LogP contribution in [0.25, 0.3) is 0 Å². The number of nitrogens with one attached hydrogen (secondary N) is 2. The summed E-state index contributed by atoms with van der Waals surface area (Å²) in [4.78, 5) is 11.4. The van der Waals surface area contributed by atoms with Crippen molar-refractivity contribution in [3.63, 3.8) is 0 Å². The van der Waals surface area contributed by atoms with Crippen LogP contribution < -0.4 is 10.6 Å². The van der Waals surface area contributed by atoms with E-state index < -0.39 is 5.60 Å². The highest BCUT2D eigenvalue weighted by Gasteiger charge is 2.20. The number of amides is 1. The van der Waals surface area contributed by atoms with E-state index in [0.717, 1.165) is 25.9 Å². The highest BCUT2D eigenvalue weighted by atomic mass is 16.6. The first kappa shape index (κ1) is 17.0. The van der Waals surface area contributed by atoms with E-state index in [0.29, 0.717) is 18.8 Å². The number of carbonyl (C=O) groups is 1. The van der Waals surface area contributed by atoms with Crippen molar-refractivity contribution in [2.45, 2.75) is 58.3 Å². The van der Waals surface area contributed by atoms with Crippen molar-refractivity contribution >= 4 is 6.09 Å². The first-order valence-corrected chi connectivity index (χ1v) is 7.35. The van der Waals surface area contributed by atoms with Crippen LogP contribution >= 0.6 is 0 Å². The van der Waals surface area contributed by atoms with Crippen LogP contribution in [0.4, 0.5) is 4.79 Å². The Balaban J connectivity index is 1.98. The molecule has 0 aromatic rings. The minimum Gasteiger partial charge on any atom is -0.444 e. The maximum atomic E-state index is 11.4. The van der Waals surface area contributed by atoms with Crippen molar-refractivity contribution < 1.29 is 14.3 Å². The molecule has 1 heterocycles. The van der Waals surface area contributed by atoms with Gasteiger partial charge in [-0.05, 0) is 40.5 Å². The van der Waals surface area contributed by atoms with Gasteiger partial charge in [-0.25, -0.2) is 4.79 Å². The molecule has 1 aliphatic heterocycles. The third-order valence-electron chi connectivity index (χ3n) is 2.88. The zero-order valence-corrected chi connectivity index (χ0v) is 13.1. The van der Waals surface area contributed by atoms with E-state index in [-0.39, 0.29) is 6.09 Å². The van der Waals surface area contributed by atoms with Gasteiger partial charge in [0.05, 0.1) is 12.2 Å². The van der Waals surface area contributed by atoms with E-state index in [1.165, 1.54) is 0 Å². The molecule has 1 fully saturated rings. The molecule has 116 valence electrons. The topological polar surface area (TPSA) is 59.6 Å². The predicted molar refractivity (Wildman–Crippen MR) is 79.8 cm³/mol. The van der Waals surface area contributed by atoms with Crippen LogP contribution in [0.15, 0.2) is 12.2 Å². The monoisotopic (exact) mass is 284 g/mol. The lowest BCUT2D eigenvalue weighted by molar-refractivity contribution is 0.0533. The molecule has 0 aliphatic carbocycles. The summed E-state index contributed by atoms with van der Waals surface area (Å²) in [6, 6.07) is 0. The van der Waals surface area contributed by atoms with Crippen molar-refractivity contribution in [3.8, 4) is 0 Å². The molecule has 0 aromatic carbocycles. The number of ether oxygens (including phenoxy) is 2. The van der Waals surface area contributed by atoms with Crippen LogP contribution in [0.1, 0.15) is 40.5 Å². The van der Waals surface area contributed by atoms with Crippen LogP contribution in [0.3, 0.4) is 0 Å². The van der Waals surface area contributed by atoms with E-state index in [2.05, 4.69) is 17.6 Å². The molecule has 2 unspecified atom stereocenters.